The summed E-state index contributed by atoms with van der Waals surface area (Å²) in [5.74, 6) is 1.47. The SMILES string of the molecule is COc1c(C(C)C)c([SH]2C=CC=C2)n(Cc2ccncc2)c1C. The molecule has 2 aromatic rings. The van der Waals surface area contributed by atoms with E-state index in [0.717, 1.165) is 12.3 Å². The van der Waals surface area contributed by atoms with Gasteiger partial charge in [-0.25, -0.2) is 0 Å². The molecule has 3 rings (SSSR count). The van der Waals surface area contributed by atoms with Crippen LogP contribution in [0, 0.1) is 6.92 Å². The summed E-state index contributed by atoms with van der Waals surface area (Å²) in [5.41, 5.74) is 3.82. The minimum Gasteiger partial charge on any atom is -0.495 e. The summed E-state index contributed by atoms with van der Waals surface area (Å²) in [6.45, 7) is 7.51. The molecule has 0 amide bonds. The maximum absolute atomic E-state index is 5.79. The highest BCUT2D eigenvalue weighted by molar-refractivity contribution is 8.22. The standard InChI is InChI=1S/C19H24N2OS/c1-14(2)17-18(22-4)15(3)21(13-16-7-9-20-10-8-16)19(17)23-11-5-6-12-23/h5-12,14,23H,13H2,1-4H3. The molecule has 122 valence electrons. The zero-order chi connectivity index (χ0) is 16.4. The third-order valence-corrected chi connectivity index (χ3v) is 6.15. The van der Waals surface area contributed by atoms with Crippen LogP contribution in [0.15, 0.2) is 52.5 Å². The van der Waals surface area contributed by atoms with Crippen LogP contribution in [0.2, 0.25) is 0 Å². The van der Waals surface area contributed by atoms with Gasteiger partial charge < -0.3 is 9.30 Å². The average Bonchev–Trinajstić information content (AvgIpc) is 3.15. The van der Waals surface area contributed by atoms with E-state index in [1.54, 1.807) is 7.11 Å². The monoisotopic (exact) mass is 328 g/mol. The molecule has 0 unspecified atom stereocenters. The lowest BCUT2D eigenvalue weighted by atomic mass is 10.1. The molecule has 0 radical (unpaired) electrons. The van der Waals surface area contributed by atoms with Gasteiger partial charge in [0.05, 0.1) is 17.8 Å². The van der Waals surface area contributed by atoms with Crippen molar-refractivity contribution in [2.75, 3.05) is 7.11 Å². The number of pyridine rings is 1. The highest BCUT2D eigenvalue weighted by Gasteiger charge is 2.26. The van der Waals surface area contributed by atoms with Crippen LogP contribution in [0.1, 0.15) is 36.6 Å². The Bertz CT molecular complexity index is 732. The molecule has 0 bridgehead atoms. The van der Waals surface area contributed by atoms with Crippen molar-refractivity contribution in [3.8, 4) is 5.75 Å². The quantitative estimate of drug-likeness (QED) is 0.800. The molecule has 3 nitrogen and oxygen atoms in total. The summed E-state index contributed by atoms with van der Waals surface area (Å²) in [6.07, 6.45) is 8.02. The third-order valence-electron chi connectivity index (χ3n) is 4.20. The number of rotatable bonds is 5. The highest BCUT2D eigenvalue weighted by Crippen LogP contribution is 2.51. The van der Waals surface area contributed by atoms with Crippen molar-refractivity contribution in [3.63, 3.8) is 0 Å². The van der Waals surface area contributed by atoms with E-state index in [9.17, 15) is 0 Å². The molecule has 2 aromatic heterocycles. The van der Waals surface area contributed by atoms with Gasteiger partial charge in [-0.3, -0.25) is 4.98 Å². The van der Waals surface area contributed by atoms with Crippen molar-refractivity contribution in [2.45, 2.75) is 38.3 Å². The Hall–Kier alpha value is -1.94. The zero-order valence-corrected chi connectivity index (χ0v) is 15.0. The van der Waals surface area contributed by atoms with Crippen molar-refractivity contribution < 1.29 is 4.74 Å². The maximum Gasteiger partial charge on any atom is 0.144 e. The molecule has 0 saturated carbocycles. The lowest BCUT2D eigenvalue weighted by Crippen LogP contribution is -2.05. The maximum atomic E-state index is 5.79. The summed E-state index contributed by atoms with van der Waals surface area (Å²) in [5, 5.41) is 6.04. The Balaban J connectivity index is 2.16. The Morgan fingerprint density at radius 2 is 1.83 bits per heavy atom. The second-order valence-electron chi connectivity index (χ2n) is 6.04. The second kappa shape index (κ2) is 6.67. The first-order valence-electron chi connectivity index (χ1n) is 7.92. The van der Waals surface area contributed by atoms with Gasteiger partial charge in [-0.2, -0.15) is 10.9 Å². The van der Waals surface area contributed by atoms with Gasteiger partial charge in [0.1, 0.15) is 5.75 Å². The predicted molar refractivity (Wildman–Crippen MR) is 98.7 cm³/mol. The largest absolute Gasteiger partial charge is 0.495 e. The van der Waals surface area contributed by atoms with Crippen molar-refractivity contribution in [1.29, 1.82) is 0 Å². The van der Waals surface area contributed by atoms with E-state index in [4.69, 9.17) is 4.74 Å². The molecule has 3 heterocycles. The van der Waals surface area contributed by atoms with Gasteiger partial charge in [0.15, 0.2) is 0 Å². The Labute approximate surface area is 141 Å². The van der Waals surface area contributed by atoms with Gasteiger partial charge in [-0.05, 0) is 41.4 Å². The lowest BCUT2D eigenvalue weighted by molar-refractivity contribution is 0.404. The number of aromatic nitrogens is 2. The topological polar surface area (TPSA) is 27.1 Å². The molecule has 4 heteroatoms. The van der Waals surface area contributed by atoms with Gasteiger partial charge in [0, 0.05) is 24.5 Å². The fourth-order valence-electron chi connectivity index (χ4n) is 3.12. The van der Waals surface area contributed by atoms with Crippen LogP contribution in [0.4, 0.5) is 0 Å². The van der Waals surface area contributed by atoms with E-state index >= 15 is 0 Å². The first-order chi connectivity index (χ1) is 11.1. The summed E-state index contributed by atoms with van der Waals surface area (Å²) in [4.78, 5) is 4.12. The molecular formula is C19H24N2OS. The van der Waals surface area contributed by atoms with E-state index < -0.39 is 10.9 Å². The summed E-state index contributed by atoms with van der Waals surface area (Å²) >= 11 is 0. The summed E-state index contributed by atoms with van der Waals surface area (Å²) in [7, 11) is 1.37. The minimum absolute atomic E-state index is 0.405. The molecule has 0 spiro atoms. The first kappa shape index (κ1) is 15.9. The Morgan fingerprint density at radius 1 is 1.17 bits per heavy atom. The van der Waals surface area contributed by atoms with Gasteiger partial charge in [0.2, 0.25) is 0 Å². The van der Waals surface area contributed by atoms with Crippen molar-refractivity contribution >= 4 is 10.9 Å². The highest BCUT2D eigenvalue weighted by atomic mass is 32.2. The smallest absolute Gasteiger partial charge is 0.144 e. The lowest BCUT2D eigenvalue weighted by Gasteiger charge is -2.19. The molecule has 1 aliphatic heterocycles. The van der Waals surface area contributed by atoms with Gasteiger partial charge >= 0.3 is 0 Å². The molecule has 0 aliphatic carbocycles. The molecule has 0 fully saturated rings. The van der Waals surface area contributed by atoms with E-state index in [1.807, 2.05) is 12.4 Å². The van der Waals surface area contributed by atoms with Gasteiger partial charge in [-0.15, -0.1) is 0 Å². The average molecular weight is 328 g/mol. The second-order valence-corrected chi connectivity index (χ2v) is 7.88. The number of ether oxygens (including phenoxy) is 1. The van der Waals surface area contributed by atoms with Crippen LogP contribution >= 0.6 is 10.9 Å². The fraction of sp³-hybridized carbons (Fsp3) is 0.316. The fourth-order valence-corrected chi connectivity index (χ4v) is 5.21. The minimum atomic E-state index is -0.405. The number of thiol groups is 1. The van der Waals surface area contributed by atoms with Crippen molar-refractivity contribution in [2.24, 2.45) is 0 Å². The molecule has 0 atom stereocenters. The first-order valence-corrected chi connectivity index (χ1v) is 9.40. The molecule has 23 heavy (non-hydrogen) atoms. The van der Waals surface area contributed by atoms with Crippen molar-refractivity contribution in [3.05, 3.63) is 64.3 Å². The Kier molecular flexibility index (Phi) is 4.62. The van der Waals surface area contributed by atoms with Crippen LogP contribution in [0.25, 0.3) is 0 Å². The van der Waals surface area contributed by atoms with Crippen molar-refractivity contribution in [1.82, 2.24) is 9.55 Å². The summed E-state index contributed by atoms with van der Waals surface area (Å²) in [6, 6.07) is 4.16. The van der Waals surface area contributed by atoms with Gasteiger partial charge in [-0.1, -0.05) is 26.0 Å². The van der Waals surface area contributed by atoms with Crippen LogP contribution in [-0.2, 0) is 6.54 Å². The molecule has 1 aliphatic rings. The van der Waals surface area contributed by atoms with Crippen LogP contribution in [0.3, 0.4) is 0 Å². The number of hydrogen-bond acceptors (Lipinski definition) is 2. The molecule has 0 N–H and O–H groups in total. The number of nitrogens with zero attached hydrogens (tertiary/aromatic N) is 2. The Morgan fingerprint density at radius 3 is 2.39 bits per heavy atom. The number of hydrogen-bond donors (Lipinski definition) is 1. The third kappa shape index (κ3) is 2.95. The van der Waals surface area contributed by atoms with Gasteiger partial charge in [0.25, 0.3) is 0 Å². The van der Waals surface area contributed by atoms with Crippen LogP contribution < -0.4 is 4.74 Å². The zero-order valence-electron chi connectivity index (χ0n) is 14.2. The predicted octanol–water partition coefficient (Wildman–Crippen LogP) is 4.77. The van der Waals surface area contributed by atoms with E-state index in [0.29, 0.717) is 5.92 Å². The van der Waals surface area contributed by atoms with E-state index in [-0.39, 0.29) is 0 Å². The van der Waals surface area contributed by atoms with E-state index in [2.05, 4.69) is 65.4 Å². The van der Waals surface area contributed by atoms with Crippen LogP contribution in [-0.4, -0.2) is 16.7 Å². The normalized spacial score (nSPS) is 14.9. The summed E-state index contributed by atoms with van der Waals surface area (Å²) < 4.78 is 8.21. The number of allylic oxidation sites excluding steroid dienone is 2. The molecule has 0 aromatic carbocycles. The van der Waals surface area contributed by atoms with E-state index in [1.165, 1.54) is 21.8 Å². The van der Waals surface area contributed by atoms with Crippen LogP contribution in [0.5, 0.6) is 5.75 Å². The molecular weight excluding hydrogens is 304 g/mol. The molecule has 0 saturated heterocycles. The number of methoxy groups -OCH3 is 1.